The Morgan fingerprint density at radius 3 is 2.81 bits per heavy atom. The molecule has 0 bridgehead atoms. The molecule has 0 amide bonds. The summed E-state index contributed by atoms with van der Waals surface area (Å²) in [6.07, 6.45) is -2.43. The Bertz CT molecular complexity index is 909. The summed E-state index contributed by atoms with van der Waals surface area (Å²) in [5, 5.41) is 3.45. The first kappa shape index (κ1) is 16.9. The number of nitrogens with zero attached hydrogens (tertiary/aromatic N) is 1. The number of piperidine rings is 1. The Kier molecular flexibility index (Phi) is 3.69. The van der Waals surface area contributed by atoms with Crippen LogP contribution in [0.5, 0.6) is 5.75 Å². The van der Waals surface area contributed by atoms with Crippen molar-refractivity contribution in [3.63, 3.8) is 0 Å². The van der Waals surface area contributed by atoms with Crippen LogP contribution in [0.15, 0.2) is 30.3 Å². The quantitative estimate of drug-likeness (QED) is 0.853. The zero-order valence-corrected chi connectivity index (χ0v) is 15.1. The van der Waals surface area contributed by atoms with Gasteiger partial charge in [-0.3, -0.25) is 0 Å². The molecule has 1 fully saturated rings. The van der Waals surface area contributed by atoms with Gasteiger partial charge >= 0.3 is 6.18 Å². The van der Waals surface area contributed by atoms with Crippen molar-refractivity contribution in [2.75, 3.05) is 31.6 Å². The maximum absolute atomic E-state index is 13.7. The zero-order valence-electron chi connectivity index (χ0n) is 15.1. The maximum Gasteiger partial charge on any atom is 0.417 e. The molecule has 3 nitrogen and oxygen atoms in total. The van der Waals surface area contributed by atoms with Gasteiger partial charge in [0.05, 0.1) is 12.7 Å². The third-order valence-corrected chi connectivity index (χ3v) is 6.22. The predicted octanol–water partition coefficient (Wildman–Crippen LogP) is 4.20. The SMILES string of the molecule is COc1ccc(-c2cc3c4c(c2)[C@@H]2CNCC[C@@H]2N4CC3)c(C(F)(F)F)c1. The summed E-state index contributed by atoms with van der Waals surface area (Å²) in [5.74, 6) is 0.583. The van der Waals surface area contributed by atoms with Crippen LogP contribution in [0.1, 0.15) is 29.0 Å². The number of halogens is 3. The third-order valence-electron chi connectivity index (χ3n) is 6.22. The minimum absolute atomic E-state index is 0.222. The molecular weight excluding hydrogens is 353 g/mol. The van der Waals surface area contributed by atoms with Crippen LogP contribution in [-0.4, -0.2) is 32.8 Å². The molecule has 0 unspecified atom stereocenters. The van der Waals surface area contributed by atoms with E-state index in [9.17, 15) is 13.2 Å². The lowest BCUT2D eigenvalue weighted by Gasteiger charge is -2.32. The van der Waals surface area contributed by atoms with Gasteiger partial charge in [-0.05, 0) is 65.9 Å². The molecular formula is C21H21F3N2O. The van der Waals surface area contributed by atoms with Gasteiger partial charge in [0.1, 0.15) is 5.75 Å². The first-order valence-corrected chi connectivity index (χ1v) is 9.37. The van der Waals surface area contributed by atoms with Crippen molar-refractivity contribution in [2.45, 2.75) is 31.0 Å². The van der Waals surface area contributed by atoms with Crippen LogP contribution in [0.2, 0.25) is 0 Å². The fourth-order valence-electron chi connectivity index (χ4n) is 5.05. The van der Waals surface area contributed by atoms with Gasteiger partial charge in [-0.15, -0.1) is 0 Å². The van der Waals surface area contributed by atoms with Gasteiger partial charge in [0.15, 0.2) is 0 Å². The average molecular weight is 374 g/mol. The number of hydrogen-bond donors (Lipinski definition) is 1. The Hall–Kier alpha value is -2.21. The third kappa shape index (κ3) is 2.53. The van der Waals surface area contributed by atoms with Crippen LogP contribution >= 0.6 is 0 Å². The first-order chi connectivity index (χ1) is 13.0. The standard InChI is InChI=1S/C21H21F3N2O/c1-27-14-2-3-15(18(10-14)21(22,23)24)13-8-12-5-7-26-19-4-6-25-11-17(19)16(9-13)20(12)26/h2-3,8-10,17,19,25H,4-7,11H2,1H3/t17-,19-/m0/s1. The highest BCUT2D eigenvalue weighted by atomic mass is 19.4. The van der Waals surface area contributed by atoms with Crippen molar-refractivity contribution < 1.29 is 17.9 Å². The van der Waals surface area contributed by atoms with E-state index in [1.54, 1.807) is 6.07 Å². The van der Waals surface area contributed by atoms with E-state index >= 15 is 0 Å². The summed E-state index contributed by atoms with van der Waals surface area (Å²) in [6, 6.07) is 8.67. The highest BCUT2D eigenvalue weighted by Gasteiger charge is 2.44. The normalized spacial score (nSPS) is 23.3. The molecule has 1 N–H and O–H groups in total. The highest BCUT2D eigenvalue weighted by Crippen LogP contribution is 2.50. The molecule has 2 aromatic carbocycles. The van der Waals surface area contributed by atoms with E-state index in [0.29, 0.717) is 17.5 Å². The molecule has 0 aromatic heterocycles. The lowest BCUT2D eigenvalue weighted by molar-refractivity contribution is -0.137. The van der Waals surface area contributed by atoms with Crippen LogP contribution in [-0.2, 0) is 12.6 Å². The second-order valence-corrected chi connectivity index (χ2v) is 7.59. The fraction of sp³-hybridized carbons (Fsp3) is 0.429. The molecule has 2 atom stereocenters. The Morgan fingerprint density at radius 1 is 1.19 bits per heavy atom. The molecule has 2 aromatic rings. The monoisotopic (exact) mass is 374 g/mol. The topological polar surface area (TPSA) is 24.5 Å². The van der Waals surface area contributed by atoms with Gasteiger partial charge in [-0.1, -0.05) is 6.07 Å². The average Bonchev–Trinajstić information content (AvgIpc) is 3.23. The Labute approximate surface area is 156 Å². The predicted molar refractivity (Wildman–Crippen MR) is 98.5 cm³/mol. The maximum atomic E-state index is 13.7. The molecule has 1 saturated heterocycles. The number of methoxy groups -OCH3 is 1. The van der Waals surface area contributed by atoms with E-state index in [2.05, 4.69) is 10.2 Å². The summed E-state index contributed by atoms with van der Waals surface area (Å²) in [4.78, 5) is 2.48. The van der Waals surface area contributed by atoms with Gasteiger partial charge < -0.3 is 15.0 Å². The summed E-state index contributed by atoms with van der Waals surface area (Å²) in [6.45, 7) is 2.87. The lowest BCUT2D eigenvalue weighted by Crippen LogP contribution is -2.43. The molecule has 142 valence electrons. The molecule has 3 aliphatic rings. The lowest BCUT2D eigenvalue weighted by atomic mass is 9.86. The smallest absolute Gasteiger partial charge is 0.417 e. The number of fused-ring (bicyclic) bond motifs is 3. The number of rotatable bonds is 2. The summed E-state index contributed by atoms with van der Waals surface area (Å²) in [7, 11) is 1.38. The summed E-state index contributed by atoms with van der Waals surface area (Å²) in [5.41, 5.74) is 3.92. The minimum Gasteiger partial charge on any atom is -0.497 e. The Balaban J connectivity index is 1.67. The molecule has 0 radical (unpaired) electrons. The number of anilines is 1. The molecule has 0 aliphatic carbocycles. The molecule has 0 spiro atoms. The second-order valence-electron chi connectivity index (χ2n) is 7.59. The molecule has 0 saturated carbocycles. The van der Waals surface area contributed by atoms with E-state index in [1.807, 2.05) is 12.1 Å². The largest absolute Gasteiger partial charge is 0.497 e. The second kappa shape index (κ2) is 5.89. The Morgan fingerprint density at radius 2 is 2.04 bits per heavy atom. The minimum atomic E-state index is -4.43. The van der Waals surface area contributed by atoms with E-state index in [1.165, 1.54) is 30.0 Å². The number of ether oxygens (including phenoxy) is 1. The van der Waals surface area contributed by atoms with Crippen molar-refractivity contribution in [3.05, 3.63) is 47.0 Å². The number of benzene rings is 2. The van der Waals surface area contributed by atoms with Crippen molar-refractivity contribution in [1.82, 2.24) is 5.32 Å². The van der Waals surface area contributed by atoms with Crippen molar-refractivity contribution in [1.29, 1.82) is 0 Å². The molecule has 5 rings (SSSR count). The molecule has 27 heavy (non-hydrogen) atoms. The van der Waals surface area contributed by atoms with Crippen LogP contribution < -0.4 is 15.0 Å². The number of hydrogen-bond acceptors (Lipinski definition) is 3. The van der Waals surface area contributed by atoms with Crippen LogP contribution in [0.4, 0.5) is 18.9 Å². The highest BCUT2D eigenvalue weighted by molar-refractivity contribution is 5.79. The summed E-state index contributed by atoms with van der Waals surface area (Å²) >= 11 is 0. The van der Waals surface area contributed by atoms with Crippen LogP contribution in [0, 0.1) is 0 Å². The van der Waals surface area contributed by atoms with Crippen LogP contribution in [0.25, 0.3) is 11.1 Å². The van der Waals surface area contributed by atoms with Gasteiger partial charge in [0.2, 0.25) is 0 Å². The molecule has 6 heteroatoms. The van der Waals surface area contributed by atoms with Crippen molar-refractivity contribution >= 4 is 5.69 Å². The van der Waals surface area contributed by atoms with E-state index in [-0.39, 0.29) is 11.3 Å². The van der Waals surface area contributed by atoms with Crippen LogP contribution in [0.3, 0.4) is 0 Å². The zero-order chi connectivity index (χ0) is 18.8. The number of alkyl halides is 3. The van der Waals surface area contributed by atoms with Gasteiger partial charge in [-0.2, -0.15) is 13.2 Å². The molecule has 3 heterocycles. The van der Waals surface area contributed by atoms with Crippen molar-refractivity contribution in [3.8, 4) is 16.9 Å². The summed E-state index contributed by atoms with van der Waals surface area (Å²) < 4.78 is 46.2. The van der Waals surface area contributed by atoms with Crippen molar-refractivity contribution in [2.24, 2.45) is 0 Å². The van der Waals surface area contributed by atoms with E-state index < -0.39 is 11.7 Å². The first-order valence-electron chi connectivity index (χ1n) is 9.37. The fourth-order valence-corrected chi connectivity index (χ4v) is 5.05. The van der Waals surface area contributed by atoms with E-state index in [4.69, 9.17) is 4.74 Å². The van der Waals surface area contributed by atoms with Gasteiger partial charge in [0, 0.05) is 30.7 Å². The van der Waals surface area contributed by atoms with Gasteiger partial charge in [0.25, 0.3) is 0 Å². The van der Waals surface area contributed by atoms with Gasteiger partial charge in [-0.25, -0.2) is 0 Å². The molecule has 3 aliphatic heterocycles. The number of nitrogens with one attached hydrogen (secondary N) is 1. The van der Waals surface area contributed by atoms with E-state index in [0.717, 1.165) is 38.5 Å².